The number of aliphatic hydroxyl groups is 1. The van der Waals surface area contributed by atoms with Crippen LogP contribution < -0.4 is 0 Å². The van der Waals surface area contributed by atoms with Gasteiger partial charge in [0.2, 0.25) is 0 Å². The molecule has 2 rings (SSSR count). The Morgan fingerprint density at radius 1 is 1.25 bits per heavy atom. The molecule has 0 spiro atoms. The molecule has 0 heterocycles. The Balaban J connectivity index is 1.86. The van der Waals surface area contributed by atoms with E-state index in [4.69, 9.17) is 11.6 Å². The zero-order chi connectivity index (χ0) is 11.4. The maximum absolute atomic E-state index is 9.88. The monoisotopic (exact) mass is 238 g/mol. The van der Waals surface area contributed by atoms with Gasteiger partial charge in [0.15, 0.2) is 0 Å². The van der Waals surface area contributed by atoms with Crippen molar-refractivity contribution in [2.45, 2.75) is 44.6 Å². The van der Waals surface area contributed by atoms with Crippen molar-refractivity contribution in [1.29, 1.82) is 0 Å². The van der Waals surface area contributed by atoms with Gasteiger partial charge < -0.3 is 5.11 Å². The third kappa shape index (κ3) is 3.23. The quantitative estimate of drug-likeness (QED) is 0.849. The first-order chi connectivity index (χ1) is 7.75. The smallest absolute Gasteiger partial charge is 0.0568 e. The minimum atomic E-state index is -0.0760. The number of aliphatic hydroxyl groups excluding tert-OH is 1. The molecule has 1 nitrogen and oxygen atoms in total. The molecule has 16 heavy (non-hydrogen) atoms. The number of rotatable bonds is 3. The third-order valence-corrected chi connectivity index (χ3v) is 3.80. The van der Waals surface area contributed by atoms with Gasteiger partial charge in [-0.2, -0.15) is 0 Å². The van der Waals surface area contributed by atoms with E-state index in [1.807, 2.05) is 18.2 Å². The molecule has 2 unspecified atom stereocenters. The zero-order valence-corrected chi connectivity index (χ0v) is 10.3. The zero-order valence-electron chi connectivity index (χ0n) is 9.53. The fraction of sp³-hybridized carbons (Fsp3) is 0.571. The van der Waals surface area contributed by atoms with Gasteiger partial charge in [-0.3, -0.25) is 0 Å². The maximum atomic E-state index is 9.88. The SMILES string of the molecule is OC1CCCCC1CCc1cccc(Cl)c1. The normalized spacial score (nSPS) is 25.6. The largest absolute Gasteiger partial charge is 0.393 e. The molecular formula is C14H19ClO. The van der Waals surface area contributed by atoms with Crippen molar-refractivity contribution in [3.63, 3.8) is 0 Å². The highest BCUT2D eigenvalue weighted by Gasteiger charge is 2.22. The van der Waals surface area contributed by atoms with Gasteiger partial charge in [0.1, 0.15) is 0 Å². The van der Waals surface area contributed by atoms with Gasteiger partial charge in [0.05, 0.1) is 6.10 Å². The molecule has 1 aromatic carbocycles. The predicted octanol–water partition coefficient (Wildman–Crippen LogP) is 3.82. The van der Waals surface area contributed by atoms with Crippen LogP contribution in [0.2, 0.25) is 5.02 Å². The lowest BCUT2D eigenvalue weighted by atomic mass is 9.83. The number of halogens is 1. The van der Waals surface area contributed by atoms with E-state index < -0.39 is 0 Å². The molecule has 1 fully saturated rings. The molecule has 88 valence electrons. The molecule has 2 heteroatoms. The topological polar surface area (TPSA) is 20.2 Å². The van der Waals surface area contributed by atoms with E-state index in [0.29, 0.717) is 5.92 Å². The molecule has 1 aliphatic carbocycles. The highest BCUT2D eigenvalue weighted by Crippen LogP contribution is 2.28. The summed E-state index contributed by atoms with van der Waals surface area (Å²) in [4.78, 5) is 0. The second-order valence-electron chi connectivity index (χ2n) is 4.78. The second-order valence-corrected chi connectivity index (χ2v) is 5.22. The summed E-state index contributed by atoms with van der Waals surface area (Å²) in [6, 6.07) is 8.04. The van der Waals surface area contributed by atoms with Crippen LogP contribution in [-0.4, -0.2) is 11.2 Å². The van der Waals surface area contributed by atoms with Crippen molar-refractivity contribution in [2.75, 3.05) is 0 Å². The van der Waals surface area contributed by atoms with Crippen LogP contribution in [-0.2, 0) is 6.42 Å². The number of hydrogen-bond acceptors (Lipinski definition) is 1. The van der Waals surface area contributed by atoms with Crippen molar-refractivity contribution >= 4 is 11.6 Å². The van der Waals surface area contributed by atoms with Crippen LogP contribution >= 0.6 is 11.6 Å². The maximum Gasteiger partial charge on any atom is 0.0568 e. The van der Waals surface area contributed by atoms with Gasteiger partial charge in [0, 0.05) is 5.02 Å². The molecule has 1 aliphatic rings. The summed E-state index contributed by atoms with van der Waals surface area (Å²) in [5.41, 5.74) is 1.28. The highest BCUT2D eigenvalue weighted by molar-refractivity contribution is 6.30. The Morgan fingerprint density at radius 2 is 2.06 bits per heavy atom. The molecule has 0 radical (unpaired) electrons. The highest BCUT2D eigenvalue weighted by atomic mass is 35.5. The first-order valence-electron chi connectivity index (χ1n) is 6.18. The average molecular weight is 239 g/mol. The van der Waals surface area contributed by atoms with Crippen molar-refractivity contribution in [3.05, 3.63) is 34.9 Å². The minimum absolute atomic E-state index is 0.0760. The fourth-order valence-electron chi connectivity index (χ4n) is 2.57. The average Bonchev–Trinajstić information content (AvgIpc) is 2.28. The Bertz CT molecular complexity index is 337. The fourth-order valence-corrected chi connectivity index (χ4v) is 2.78. The summed E-state index contributed by atoms with van der Waals surface area (Å²) in [5, 5.41) is 10.7. The standard InChI is InChI=1S/C14H19ClO/c15-13-6-3-4-11(10-13)8-9-12-5-1-2-7-14(12)16/h3-4,6,10,12,14,16H,1-2,5,7-9H2. The molecular weight excluding hydrogens is 220 g/mol. The van der Waals surface area contributed by atoms with Crippen LogP contribution in [0.25, 0.3) is 0 Å². The molecule has 2 atom stereocenters. The lowest BCUT2D eigenvalue weighted by molar-refractivity contribution is 0.0655. The summed E-state index contributed by atoms with van der Waals surface area (Å²) < 4.78 is 0. The van der Waals surface area contributed by atoms with E-state index in [9.17, 15) is 5.11 Å². The van der Waals surface area contributed by atoms with Crippen LogP contribution in [0.5, 0.6) is 0 Å². The third-order valence-electron chi connectivity index (χ3n) is 3.56. The van der Waals surface area contributed by atoms with Gasteiger partial charge in [-0.1, -0.05) is 36.6 Å². The first-order valence-corrected chi connectivity index (χ1v) is 6.56. The molecule has 0 amide bonds. The van der Waals surface area contributed by atoms with Gasteiger partial charge in [0.25, 0.3) is 0 Å². The Labute approximate surface area is 102 Å². The Hall–Kier alpha value is -0.530. The first kappa shape index (κ1) is 11.9. The van der Waals surface area contributed by atoms with E-state index >= 15 is 0 Å². The van der Waals surface area contributed by atoms with Crippen molar-refractivity contribution in [2.24, 2.45) is 5.92 Å². The summed E-state index contributed by atoms with van der Waals surface area (Å²) in [6.45, 7) is 0. The lowest BCUT2D eigenvalue weighted by Crippen LogP contribution is -2.24. The van der Waals surface area contributed by atoms with Crippen LogP contribution in [0, 0.1) is 5.92 Å². The van der Waals surface area contributed by atoms with Crippen LogP contribution in [0.15, 0.2) is 24.3 Å². The molecule has 1 saturated carbocycles. The van der Waals surface area contributed by atoms with E-state index in [-0.39, 0.29) is 6.10 Å². The van der Waals surface area contributed by atoms with E-state index in [1.54, 1.807) is 0 Å². The minimum Gasteiger partial charge on any atom is -0.393 e. The predicted molar refractivity (Wildman–Crippen MR) is 67.7 cm³/mol. The molecule has 0 bridgehead atoms. The second kappa shape index (κ2) is 5.70. The van der Waals surface area contributed by atoms with Crippen molar-refractivity contribution in [3.8, 4) is 0 Å². The summed E-state index contributed by atoms with van der Waals surface area (Å²) in [6.07, 6.45) is 6.67. The van der Waals surface area contributed by atoms with Gasteiger partial charge in [-0.05, 0) is 49.3 Å². The summed E-state index contributed by atoms with van der Waals surface area (Å²) in [5.74, 6) is 0.493. The van der Waals surface area contributed by atoms with Crippen molar-refractivity contribution < 1.29 is 5.11 Å². The van der Waals surface area contributed by atoms with E-state index in [1.165, 1.54) is 24.8 Å². The molecule has 0 saturated heterocycles. The summed E-state index contributed by atoms with van der Waals surface area (Å²) >= 11 is 5.95. The van der Waals surface area contributed by atoms with Crippen LogP contribution in [0.3, 0.4) is 0 Å². The Morgan fingerprint density at radius 3 is 2.81 bits per heavy atom. The molecule has 1 N–H and O–H groups in total. The molecule has 1 aromatic rings. The summed E-state index contributed by atoms with van der Waals surface area (Å²) in [7, 11) is 0. The Kier molecular flexibility index (Phi) is 4.25. The van der Waals surface area contributed by atoms with E-state index in [2.05, 4.69) is 6.07 Å². The van der Waals surface area contributed by atoms with Gasteiger partial charge in [-0.25, -0.2) is 0 Å². The van der Waals surface area contributed by atoms with Crippen LogP contribution in [0.1, 0.15) is 37.7 Å². The number of benzene rings is 1. The van der Waals surface area contributed by atoms with Crippen molar-refractivity contribution in [1.82, 2.24) is 0 Å². The molecule has 0 aliphatic heterocycles. The lowest BCUT2D eigenvalue weighted by Gasteiger charge is -2.27. The number of hydrogen-bond donors (Lipinski definition) is 1. The van der Waals surface area contributed by atoms with Gasteiger partial charge >= 0.3 is 0 Å². The number of aryl methyl sites for hydroxylation is 1. The van der Waals surface area contributed by atoms with Gasteiger partial charge in [-0.15, -0.1) is 0 Å². The van der Waals surface area contributed by atoms with Crippen LogP contribution in [0.4, 0.5) is 0 Å². The van der Waals surface area contributed by atoms with E-state index in [0.717, 1.165) is 24.3 Å². The molecule has 0 aromatic heterocycles.